The van der Waals surface area contributed by atoms with Crippen molar-refractivity contribution in [2.45, 2.75) is 12.6 Å². The summed E-state index contributed by atoms with van der Waals surface area (Å²) < 4.78 is 12.6. The lowest BCUT2D eigenvalue weighted by Gasteiger charge is -2.22. The summed E-state index contributed by atoms with van der Waals surface area (Å²) in [6.07, 6.45) is 3.19. The summed E-state index contributed by atoms with van der Waals surface area (Å²) in [6, 6.07) is 0. The van der Waals surface area contributed by atoms with Crippen LogP contribution in [0.4, 0.5) is 0 Å². The third-order valence-electron chi connectivity index (χ3n) is 2.58. The van der Waals surface area contributed by atoms with E-state index in [1.54, 1.807) is 10.9 Å². The first-order valence-corrected chi connectivity index (χ1v) is 5.74. The van der Waals surface area contributed by atoms with Crippen LogP contribution in [0.2, 0.25) is 5.15 Å². The van der Waals surface area contributed by atoms with E-state index in [1.807, 2.05) is 0 Å². The quantitative estimate of drug-likeness (QED) is 0.797. The summed E-state index contributed by atoms with van der Waals surface area (Å²) in [6.45, 7) is 2.45. The molecule has 1 aliphatic rings. The molecule has 0 saturated carbocycles. The Labute approximate surface area is 103 Å². The van der Waals surface area contributed by atoms with Crippen molar-refractivity contribution in [1.82, 2.24) is 19.7 Å². The Morgan fingerprint density at radius 1 is 1.41 bits per heavy atom. The molecule has 17 heavy (non-hydrogen) atoms. The Balaban J connectivity index is 1.86. The average Bonchev–Trinajstić information content (AvgIpc) is 2.73. The molecule has 0 bridgehead atoms. The number of hydrogen-bond acceptors (Lipinski definition) is 5. The first-order valence-electron chi connectivity index (χ1n) is 5.36. The van der Waals surface area contributed by atoms with E-state index in [-0.39, 0.29) is 6.10 Å². The molecule has 2 aromatic heterocycles. The summed E-state index contributed by atoms with van der Waals surface area (Å²) in [5, 5.41) is 4.59. The molecule has 0 aliphatic carbocycles. The molecular formula is C10H11ClN4O2. The Kier molecular flexibility index (Phi) is 2.92. The van der Waals surface area contributed by atoms with Crippen LogP contribution in [-0.4, -0.2) is 45.7 Å². The maximum Gasteiger partial charge on any atom is 0.178 e. The third-order valence-corrected chi connectivity index (χ3v) is 2.76. The molecule has 0 radical (unpaired) electrons. The molecule has 1 atom stereocenters. The molecule has 90 valence electrons. The van der Waals surface area contributed by atoms with Crippen LogP contribution in [0.5, 0.6) is 0 Å². The van der Waals surface area contributed by atoms with Crippen molar-refractivity contribution < 1.29 is 9.47 Å². The van der Waals surface area contributed by atoms with Crippen molar-refractivity contribution in [3.8, 4) is 0 Å². The van der Waals surface area contributed by atoms with Gasteiger partial charge in [-0.15, -0.1) is 0 Å². The number of rotatable bonds is 2. The molecular weight excluding hydrogens is 244 g/mol. The van der Waals surface area contributed by atoms with Crippen molar-refractivity contribution in [2.24, 2.45) is 0 Å². The molecule has 3 rings (SSSR count). The number of ether oxygens (including phenoxy) is 2. The summed E-state index contributed by atoms with van der Waals surface area (Å²) in [7, 11) is 0. The summed E-state index contributed by atoms with van der Waals surface area (Å²) in [5.74, 6) is 0. The number of hydrogen-bond donors (Lipinski definition) is 0. The van der Waals surface area contributed by atoms with E-state index < -0.39 is 0 Å². The molecule has 3 heterocycles. The largest absolute Gasteiger partial charge is 0.376 e. The van der Waals surface area contributed by atoms with Gasteiger partial charge in [0.1, 0.15) is 16.8 Å². The Morgan fingerprint density at radius 2 is 2.35 bits per heavy atom. The third kappa shape index (κ3) is 2.24. The van der Waals surface area contributed by atoms with E-state index in [4.69, 9.17) is 21.1 Å². The molecule has 1 unspecified atom stereocenters. The van der Waals surface area contributed by atoms with Crippen LogP contribution in [0.15, 0.2) is 12.4 Å². The summed E-state index contributed by atoms with van der Waals surface area (Å²) in [4.78, 5) is 8.35. The maximum atomic E-state index is 5.82. The van der Waals surface area contributed by atoms with Crippen LogP contribution >= 0.6 is 11.6 Å². The highest BCUT2D eigenvalue weighted by Gasteiger charge is 2.17. The van der Waals surface area contributed by atoms with Gasteiger partial charge in [-0.3, -0.25) is 0 Å². The van der Waals surface area contributed by atoms with Crippen LogP contribution in [0, 0.1) is 0 Å². The van der Waals surface area contributed by atoms with Crippen LogP contribution in [0.25, 0.3) is 11.2 Å². The van der Waals surface area contributed by atoms with Crippen LogP contribution in [0.1, 0.15) is 0 Å². The molecule has 0 amide bonds. The predicted molar refractivity (Wildman–Crippen MR) is 60.9 cm³/mol. The van der Waals surface area contributed by atoms with Crippen LogP contribution in [-0.2, 0) is 16.0 Å². The number of nitrogens with zero attached hydrogens (tertiary/aromatic N) is 4. The van der Waals surface area contributed by atoms with Gasteiger partial charge in [0.2, 0.25) is 0 Å². The predicted octanol–water partition coefficient (Wildman–Crippen LogP) is 0.895. The van der Waals surface area contributed by atoms with Crippen molar-refractivity contribution in [3.63, 3.8) is 0 Å². The van der Waals surface area contributed by atoms with E-state index in [0.717, 1.165) is 5.52 Å². The monoisotopic (exact) mass is 254 g/mol. The second kappa shape index (κ2) is 4.56. The van der Waals surface area contributed by atoms with E-state index in [1.165, 1.54) is 6.20 Å². The lowest BCUT2D eigenvalue weighted by atomic mass is 10.3. The zero-order valence-electron chi connectivity index (χ0n) is 9.04. The number of aromatic nitrogens is 4. The Hall–Kier alpha value is -1.24. The van der Waals surface area contributed by atoms with E-state index in [2.05, 4.69) is 15.1 Å². The Morgan fingerprint density at radius 3 is 3.18 bits per heavy atom. The fourth-order valence-electron chi connectivity index (χ4n) is 1.80. The minimum absolute atomic E-state index is 0.00707. The zero-order chi connectivity index (χ0) is 11.7. The van der Waals surface area contributed by atoms with Crippen LogP contribution in [0.3, 0.4) is 0 Å². The van der Waals surface area contributed by atoms with Gasteiger partial charge in [0.15, 0.2) is 5.65 Å². The van der Waals surface area contributed by atoms with E-state index in [0.29, 0.717) is 37.2 Å². The van der Waals surface area contributed by atoms with E-state index >= 15 is 0 Å². The van der Waals surface area contributed by atoms with Crippen molar-refractivity contribution in [3.05, 3.63) is 17.5 Å². The molecule has 1 aliphatic heterocycles. The smallest absolute Gasteiger partial charge is 0.178 e. The SMILES string of the molecule is Clc1cnc2cnn(CC3COCCO3)c2n1. The van der Waals surface area contributed by atoms with Gasteiger partial charge in [0.05, 0.1) is 38.8 Å². The van der Waals surface area contributed by atoms with Crippen molar-refractivity contribution in [2.75, 3.05) is 19.8 Å². The molecule has 1 fully saturated rings. The highest BCUT2D eigenvalue weighted by Crippen LogP contribution is 2.13. The minimum Gasteiger partial charge on any atom is -0.376 e. The van der Waals surface area contributed by atoms with Gasteiger partial charge >= 0.3 is 0 Å². The molecule has 2 aromatic rings. The van der Waals surface area contributed by atoms with Crippen molar-refractivity contribution >= 4 is 22.8 Å². The van der Waals surface area contributed by atoms with Crippen molar-refractivity contribution in [1.29, 1.82) is 0 Å². The zero-order valence-corrected chi connectivity index (χ0v) is 9.80. The van der Waals surface area contributed by atoms with Gasteiger partial charge in [-0.2, -0.15) is 5.10 Å². The van der Waals surface area contributed by atoms with Crippen LogP contribution < -0.4 is 0 Å². The average molecular weight is 255 g/mol. The fourth-order valence-corrected chi connectivity index (χ4v) is 1.93. The highest BCUT2D eigenvalue weighted by atomic mass is 35.5. The topological polar surface area (TPSA) is 62.1 Å². The molecule has 1 saturated heterocycles. The van der Waals surface area contributed by atoms with Gasteiger partial charge in [0.25, 0.3) is 0 Å². The first-order chi connectivity index (χ1) is 8.33. The molecule has 7 heteroatoms. The molecule has 0 N–H and O–H groups in total. The molecule has 0 spiro atoms. The Bertz CT molecular complexity index is 524. The normalized spacial score (nSPS) is 20.9. The highest BCUT2D eigenvalue weighted by molar-refractivity contribution is 6.29. The minimum atomic E-state index is 0.00707. The maximum absolute atomic E-state index is 5.82. The van der Waals surface area contributed by atoms with E-state index in [9.17, 15) is 0 Å². The van der Waals surface area contributed by atoms with Gasteiger partial charge in [-0.25, -0.2) is 14.6 Å². The van der Waals surface area contributed by atoms with Gasteiger partial charge in [-0.05, 0) is 0 Å². The van der Waals surface area contributed by atoms with Gasteiger partial charge < -0.3 is 9.47 Å². The summed E-state index contributed by atoms with van der Waals surface area (Å²) in [5.41, 5.74) is 1.40. The lowest BCUT2D eigenvalue weighted by Crippen LogP contribution is -2.32. The summed E-state index contributed by atoms with van der Waals surface area (Å²) >= 11 is 5.82. The number of halogens is 1. The first kappa shape index (κ1) is 10.9. The second-order valence-electron chi connectivity index (χ2n) is 3.80. The standard InChI is InChI=1S/C10H11ClN4O2/c11-9-4-12-8-3-13-15(10(8)14-9)5-7-6-16-1-2-17-7/h3-4,7H,1-2,5-6H2. The second-order valence-corrected chi connectivity index (χ2v) is 4.18. The van der Waals surface area contributed by atoms with Gasteiger partial charge in [0, 0.05) is 0 Å². The molecule has 6 nitrogen and oxygen atoms in total. The molecule has 0 aromatic carbocycles. The fraction of sp³-hybridized carbons (Fsp3) is 0.500. The number of fused-ring (bicyclic) bond motifs is 1. The van der Waals surface area contributed by atoms with Gasteiger partial charge in [-0.1, -0.05) is 11.6 Å². The lowest BCUT2D eigenvalue weighted by molar-refractivity contribution is -0.0942.